The highest BCUT2D eigenvalue weighted by molar-refractivity contribution is 6.40. The van der Waals surface area contributed by atoms with E-state index in [2.05, 4.69) is 4.74 Å². The number of ether oxygens (including phenoxy) is 1. The lowest BCUT2D eigenvalue weighted by Crippen LogP contribution is -2.34. The van der Waals surface area contributed by atoms with Gasteiger partial charge in [-0.15, -0.1) is 0 Å². The largest absolute Gasteiger partial charge is 0.460 e. The zero-order valence-electron chi connectivity index (χ0n) is 11.1. The maximum absolute atomic E-state index is 12.5. The standard InChI is InChI=1S/C13H10F6O3/c1-2-22-11(21)9(20)7-3-5-8(6-4-7)10(12(14,15)16)13(17,18)19/h3-6,10H,2H2,1H3. The van der Waals surface area contributed by atoms with Crippen molar-refractivity contribution >= 4 is 11.8 Å². The van der Waals surface area contributed by atoms with Crippen molar-refractivity contribution in [1.29, 1.82) is 0 Å². The van der Waals surface area contributed by atoms with Crippen LogP contribution in [0.4, 0.5) is 26.3 Å². The van der Waals surface area contributed by atoms with Gasteiger partial charge in [-0.2, -0.15) is 26.3 Å². The first-order chi connectivity index (χ1) is 9.98. The van der Waals surface area contributed by atoms with Crippen LogP contribution in [0.5, 0.6) is 0 Å². The SMILES string of the molecule is CCOC(=O)C(=O)c1ccc(C(C(F)(F)F)C(F)(F)F)cc1. The molecular weight excluding hydrogens is 318 g/mol. The van der Waals surface area contributed by atoms with Gasteiger partial charge in [-0.3, -0.25) is 4.79 Å². The number of benzene rings is 1. The van der Waals surface area contributed by atoms with Crippen LogP contribution in [0.25, 0.3) is 0 Å². The summed E-state index contributed by atoms with van der Waals surface area (Å²) >= 11 is 0. The van der Waals surface area contributed by atoms with E-state index in [-0.39, 0.29) is 12.2 Å². The van der Waals surface area contributed by atoms with Gasteiger partial charge in [0.05, 0.1) is 6.61 Å². The number of rotatable bonds is 4. The molecular formula is C13H10F6O3. The maximum Gasteiger partial charge on any atom is 0.404 e. The Kier molecular flexibility index (Phi) is 5.21. The lowest BCUT2D eigenvalue weighted by molar-refractivity contribution is -0.253. The second-order valence-electron chi connectivity index (χ2n) is 4.19. The molecule has 122 valence electrons. The van der Waals surface area contributed by atoms with E-state index in [0.29, 0.717) is 12.1 Å². The molecule has 0 radical (unpaired) electrons. The van der Waals surface area contributed by atoms with Gasteiger partial charge in [0.25, 0.3) is 5.78 Å². The summed E-state index contributed by atoms with van der Waals surface area (Å²) in [5.41, 5.74) is -1.43. The van der Waals surface area contributed by atoms with E-state index in [9.17, 15) is 35.9 Å². The second-order valence-corrected chi connectivity index (χ2v) is 4.19. The summed E-state index contributed by atoms with van der Waals surface area (Å²) < 4.78 is 79.6. The van der Waals surface area contributed by atoms with Crippen LogP contribution >= 0.6 is 0 Å². The van der Waals surface area contributed by atoms with E-state index in [1.54, 1.807) is 0 Å². The van der Waals surface area contributed by atoms with Crippen molar-refractivity contribution in [3.05, 3.63) is 35.4 Å². The molecule has 0 aromatic heterocycles. The van der Waals surface area contributed by atoms with Gasteiger partial charge in [-0.05, 0) is 12.5 Å². The van der Waals surface area contributed by atoms with E-state index >= 15 is 0 Å². The molecule has 1 aromatic rings. The highest BCUT2D eigenvalue weighted by Gasteiger charge is 2.57. The smallest absolute Gasteiger partial charge is 0.404 e. The molecule has 0 aliphatic rings. The molecule has 1 aromatic carbocycles. The Morgan fingerprint density at radius 1 is 1.00 bits per heavy atom. The molecule has 1 rings (SSSR count). The highest BCUT2D eigenvalue weighted by atomic mass is 19.4. The number of hydrogen-bond donors (Lipinski definition) is 0. The molecule has 0 N–H and O–H groups in total. The minimum absolute atomic E-state index is 0.0904. The Balaban J connectivity index is 3.10. The molecule has 22 heavy (non-hydrogen) atoms. The Bertz CT molecular complexity index is 530. The molecule has 9 heteroatoms. The van der Waals surface area contributed by atoms with Crippen LogP contribution in [-0.2, 0) is 9.53 Å². The van der Waals surface area contributed by atoms with Gasteiger partial charge in [0.2, 0.25) is 0 Å². The topological polar surface area (TPSA) is 43.4 Å². The number of carbonyl (C=O) groups is 2. The molecule has 0 fully saturated rings. The average molecular weight is 328 g/mol. The van der Waals surface area contributed by atoms with Gasteiger partial charge in [-0.25, -0.2) is 4.79 Å². The second kappa shape index (κ2) is 6.37. The first-order valence-corrected chi connectivity index (χ1v) is 5.93. The maximum atomic E-state index is 12.5. The van der Waals surface area contributed by atoms with E-state index < -0.39 is 35.6 Å². The number of Topliss-reactive ketones (excluding diaryl/α,β-unsaturated/α-hetero) is 1. The van der Waals surface area contributed by atoms with Crippen LogP contribution in [0, 0.1) is 0 Å². The van der Waals surface area contributed by atoms with Gasteiger partial charge in [0, 0.05) is 5.56 Å². The van der Waals surface area contributed by atoms with Crippen LogP contribution in [0.15, 0.2) is 24.3 Å². The number of alkyl halides is 6. The average Bonchev–Trinajstić information content (AvgIpc) is 2.35. The molecule has 0 heterocycles. The zero-order valence-corrected chi connectivity index (χ0v) is 11.1. The summed E-state index contributed by atoms with van der Waals surface area (Å²) in [5, 5.41) is 0. The fourth-order valence-electron chi connectivity index (χ4n) is 1.70. The van der Waals surface area contributed by atoms with Crippen molar-refractivity contribution in [3.63, 3.8) is 0 Å². The summed E-state index contributed by atoms with van der Waals surface area (Å²) in [6.07, 6.45) is -11.0. The van der Waals surface area contributed by atoms with Crippen LogP contribution in [0.3, 0.4) is 0 Å². The third kappa shape index (κ3) is 4.22. The van der Waals surface area contributed by atoms with Gasteiger partial charge in [0.15, 0.2) is 5.92 Å². The van der Waals surface area contributed by atoms with Crippen molar-refractivity contribution in [2.24, 2.45) is 0 Å². The number of carbonyl (C=O) groups excluding carboxylic acids is 2. The summed E-state index contributed by atoms with van der Waals surface area (Å²) in [6, 6.07) is 2.47. The van der Waals surface area contributed by atoms with E-state index in [4.69, 9.17) is 0 Å². The van der Waals surface area contributed by atoms with E-state index in [0.717, 1.165) is 12.1 Å². The third-order valence-corrected chi connectivity index (χ3v) is 2.62. The van der Waals surface area contributed by atoms with Crippen LogP contribution in [0.2, 0.25) is 0 Å². The van der Waals surface area contributed by atoms with Gasteiger partial charge < -0.3 is 4.74 Å². The predicted octanol–water partition coefficient (Wildman–Crippen LogP) is 3.64. The Morgan fingerprint density at radius 2 is 1.45 bits per heavy atom. The highest BCUT2D eigenvalue weighted by Crippen LogP contribution is 2.46. The molecule has 0 aliphatic heterocycles. The van der Waals surface area contributed by atoms with Crippen molar-refractivity contribution in [3.8, 4) is 0 Å². The first-order valence-electron chi connectivity index (χ1n) is 5.93. The number of hydrogen-bond acceptors (Lipinski definition) is 3. The van der Waals surface area contributed by atoms with Gasteiger partial charge in [-0.1, -0.05) is 24.3 Å². The minimum atomic E-state index is -5.52. The molecule has 0 saturated heterocycles. The molecule has 0 unspecified atom stereocenters. The number of ketones is 1. The molecule has 0 bridgehead atoms. The van der Waals surface area contributed by atoms with E-state index in [1.165, 1.54) is 6.92 Å². The summed E-state index contributed by atoms with van der Waals surface area (Å²) in [5.74, 6) is -6.05. The van der Waals surface area contributed by atoms with Crippen LogP contribution in [-0.4, -0.2) is 30.7 Å². The fraction of sp³-hybridized carbons (Fsp3) is 0.385. The van der Waals surface area contributed by atoms with E-state index in [1.807, 2.05) is 0 Å². The summed E-state index contributed by atoms with van der Waals surface area (Å²) in [6.45, 7) is 1.35. The van der Waals surface area contributed by atoms with Crippen LogP contribution < -0.4 is 0 Å². The first kappa shape index (κ1) is 18.0. The summed E-state index contributed by atoms with van der Waals surface area (Å²) in [4.78, 5) is 22.6. The lowest BCUT2D eigenvalue weighted by Gasteiger charge is -2.23. The van der Waals surface area contributed by atoms with Crippen LogP contribution in [0.1, 0.15) is 28.8 Å². The monoisotopic (exact) mass is 328 g/mol. The Morgan fingerprint density at radius 3 is 1.82 bits per heavy atom. The molecule has 0 amide bonds. The number of esters is 1. The minimum Gasteiger partial charge on any atom is -0.460 e. The molecule has 0 spiro atoms. The van der Waals surface area contributed by atoms with Crippen molar-refractivity contribution in [1.82, 2.24) is 0 Å². The fourth-order valence-corrected chi connectivity index (χ4v) is 1.70. The Labute approximate surface area is 120 Å². The zero-order chi connectivity index (χ0) is 17.1. The molecule has 0 aliphatic carbocycles. The van der Waals surface area contributed by atoms with Crippen molar-refractivity contribution in [2.45, 2.75) is 25.2 Å². The van der Waals surface area contributed by atoms with Crippen molar-refractivity contribution < 1.29 is 40.7 Å². The summed E-state index contributed by atoms with van der Waals surface area (Å²) in [7, 11) is 0. The lowest BCUT2D eigenvalue weighted by atomic mass is 9.96. The predicted molar refractivity (Wildman–Crippen MR) is 62.3 cm³/mol. The normalized spacial score (nSPS) is 12.4. The third-order valence-electron chi connectivity index (χ3n) is 2.62. The Hall–Kier alpha value is -2.06. The van der Waals surface area contributed by atoms with Gasteiger partial charge >= 0.3 is 18.3 Å². The van der Waals surface area contributed by atoms with Crippen molar-refractivity contribution in [2.75, 3.05) is 6.61 Å². The number of halogens is 6. The molecule has 0 atom stereocenters. The quantitative estimate of drug-likeness (QED) is 0.367. The van der Waals surface area contributed by atoms with Gasteiger partial charge in [0.1, 0.15) is 0 Å². The molecule has 3 nitrogen and oxygen atoms in total. The molecule has 0 saturated carbocycles.